The number of hydrogen-bond acceptors (Lipinski definition) is 10. The molecule has 4 aromatic carbocycles. The van der Waals surface area contributed by atoms with E-state index in [9.17, 15) is 25.0 Å². The zero-order valence-electron chi connectivity index (χ0n) is 23.4. The van der Waals surface area contributed by atoms with E-state index in [-0.39, 0.29) is 23.9 Å². The van der Waals surface area contributed by atoms with Crippen LogP contribution >= 0.6 is 22.6 Å². The average molecular weight is 712 g/mol. The molecule has 4 aromatic rings. The van der Waals surface area contributed by atoms with Gasteiger partial charge in [0.25, 0.3) is 11.6 Å². The summed E-state index contributed by atoms with van der Waals surface area (Å²) in [4.78, 5) is 33.9. The van der Waals surface area contributed by atoms with E-state index in [4.69, 9.17) is 18.9 Å². The molecule has 13 nitrogen and oxygen atoms in total. The Hall–Kier alpha value is -5.25. The molecular formula is C30H25IN4O9. The number of carbonyl (C=O) groups excluding carboxylic acids is 1. The predicted octanol–water partition coefficient (Wildman–Crippen LogP) is 6.65. The van der Waals surface area contributed by atoms with Crippen LogP contribution in [0.15, 0.2) is 84.0 Å². The maximum atomic E-state index is 12.8. The van der Waals surface area contributed by atoms with Crippen LogP contribution in [0.1, 0.15) is 28.4 Å². The van der Waals surface area contributed by atoms with Gasteiger partial charge >= 0.3 is 5.69 Å². The van der Waals surface area contributed by atoms with E-state index in [0.717, 1.165) is 23.8 Å². The third-order valence-corrected chi connectivity index (χ3v) is 6.74. The van der Waals surface area contributed by atoms with Gasteiger partial charge in [-0.05, 0) is 77.0 Å². The highest BCUT2D eigenvalue weighted by molar-refractivity contribution is 14.1. The topological polar surface area (TPSA) is 165 Å². The van der Waals surface area contributed by atoms with Crippen LogP contribution in [0.4, 0.5) is 11.4 Å². The van der Waals surface area contributed by atoms with Crippen molar-refractivity contribution < 1.29 is 33.6 Å². The minimum absolute atomic E-state index is 0.173. The smallest absolute Gasteiger partial charge is 0.318 e. The summed E-state index contributed by atoms with van der Waals surface area (Å²) in [5.74, 6) is 0.607. The quantitative estimate of drug-likeness (QED) is 0.0692. The molecule has 1 amide bonds. The second-order valence-electron chi connectivity index (χ2n) is 8.87. The largest absolute Gasteiger partial charge is 0.493 e. The maximum Gasteiger partial charge on any atom is 0.318 e. The van der Waals surface area contributed by atoms with Crippen LogP contribution in [0, 0.1) is 23.8 Å². The first-order valence-electron chi connectivity index (χ1n) is 12.9. The zero-order valence-corrected chi connectivity index (χ0v) is 25.5. The molecule has 0 bridgehead atoms. The standard InChI is InChI=1S/C30H25IN4O9/c1-3-42-28-14-20(13-23(31)29(28)44-25-12-10-22(34(37)38)16-24(25)35(39)40)17-32-33-30(36)21-9-11-26(27(15-21)41-2)43-18-19-7-5-4-6-8-19/h4-17H,3,18H2,1-2H3,(H,33,36)/b32-17+. The highest BCUT2D eigenvalue weighted by Gasteiger charge is 2.23. The van der Waals surface area contributed by atoms with E-state index in [0.29, 0.717) is 32.8 Å². The summed E-state index contributed by atoms with van der Waals surface area (Å²) in [6.45, 7) is 2.33. The number of nitro benzene ring substituents is 2. The minimum Gasteiger partial charge on any atom is -0.493 e. The summed E-state index contributed by atoms with van der Waals surface area (Å²) >= 11 is 1.96. The molecule has 226 valence electrons. The van der Waals surface area contributed by atoms with Crippen LogP contribution in [-0.4, -0.2) is 35.7 Å². The van der Waals surface area contributed by atoms with Crippen LogP contribution in [-0.2, 0) is 6.61 Å². The van der Waals surface area contributed by atoms with Gasteiger partial charge in [-0.2, -0.15) is 5.10 Å². The highest BCUT2D eigenvalue weighted by atomic mass is 127. The number of non-ortho nitro benzene ring substituents is 1. The molecular weight excluding hydrogens is 687 g/mol. The molecule has 0 radical (unpaired) electrons. The Labute approximate surface area is 264 Å². The van der Waals surface area contributed by atoms with Crippen LogP contribution in [0.2, 0.25) is 0 Å². The number of carbonyl (C=O) groups is 1. The van der Waals surface area contributed by atoms with Gasteiger partial charge in [0.05, 0.1) is 39.4 Å². The normalized spacial score (nSPS) is 10.7. The third kappa shape index (κ3) is 7.97. The average Bonchev–Trinajstić information content (AvgIpc) is 3.02. The van der Waals surface area contributed by atoms with Crippen molar-refractivity contribution in [3.63, 3.8) is 0 Å². The monoisotopic (exact) mass is 712 g/mol. The number of methoxy groups -OCH3 is 1. The summed E-state index contributed by atoms with van der Waals surface area (Å²) in [5.41, 5.74) is 3.27. The molecule has 0 atom stereocenters. The summed E-state index contributed by atoms with van der Waals surface area (Å²) in [5, 5.41) is 26.7. The molecule has 0 aromatic heterocycles. The first kappa shape index (κ1) is 31.7. The number of nitro groups is 2. The van der Waals surface area contributed by atoms with Crippen molar-refractivity contribution in [2.75, 3.05) is 13.7 Å². The van der Waals surface area contributed by atoms with E-state index in [1.807, 2.05) is 52.9 Å². The molecule has 44 heavy (non-hydrogen) atoms. The lowest BCUT2D eigenvalue weighted by Crippen LogP contribution is -2.17. The number of rotatable bonds is 13. The van der Waals surface area contributed by atoms with Crippen molar-refractivity contribution >= 4 is 46.1 Å². The summed E-state index contributed by atoms with van der Waals surface area (Å²) in [7, 11) is 1.48. The van der Waals surface area contributed by atoms with Gasteiger partial charge in [0.2, 0.25) is 5.75 Å². The van der Waals surface area contributed by atoms with Crippen LogP contribution in [0.25, 0.3) is 0 Å². The summed E-state index contributed by atoms with van der Waals surface area (Å²) in [6.07, 6.45) is 1.40. The molecule has 0 fully saturated rings. The van der Waals surface area contributed by atoms with Crippen molar-refractivity contribution in [1.29, 1.82) is 0 Å². The van der Waals surface area contributed by atoms with Crippen molar-refractivity contribution in [2.24, 2.45) is 5.10 Å². The molecule has 0 heterocycles. The van der Waals surface area contributed by atoms with E-state index < -0.39 is 27.1 Å². The molecule has 0 spiro atoms. The van der Waals surface area contributed by atoms with Crippen LogP contribution in [0.5, 0.6) is 28.7 Å². The lowest BCUT2D eigenvalue weighted by molar-refractivity contribution is -0.394. The second-order valence-corrected chi connectivity index (χ2v) is 10.0. The molecule has 0 aliphatic heterocycles. The number of ether oxygens (including phenoxy) is 4. The Morgan fingerprint density at radius 1 is 0.909 bits per heavy atom. The van der Waals surface area contributed by atoms with Crippen molar-refractivity contribution in [1.82, 2.24) is 5.43 Å². The van der Waals surface area contributed by atoms with E-state index >= 15 is 0 Å². The first-order valence-corrected chi connectivity index (χ1v) is 14.0. The number of hydrogen-bond donors (Lipinski definition) is 1. The molecule has 0 aliphatic rings. The number of nitrogens with zero attached hydrogens (tertiary/aromatic N) is 3. The predicted molar refractivity (Wildman–Crippen MR) is 169 cm³/mol. The van der Waals surface area contributed by atoms with Gasteiger partial charge in [0.1, 0.15) is 6.61 Å². The molecule has 1 N–H and O–H groups in total. The Kier molecular flexibility index (Phi) is 10.6. The number of benzene rings is 4. The van der Waals surface area contributed by atoms with Gasteiger partial charge in [-0.3, -0.25) is 25.0 Å². The van der Waals surface area contributed by atoms with Gasteiger partial charge < -0.3 is 18.9 Å². The number of halogens is 1. The molecule has 0 saturated heterocycles. The first-order chi connectivity index (χ1) is 21.2. The molecule has 0 aliphatic carbocycles. The Bertz CT molecular complexity index is 1710. The maximum absolute atomic E-state index is 12.8. The van der Waals surface area contributed by atoms with Crippen molar-refractivity contribution in [3.8, 4) is 28.7 Å². The summed E-state index contributed by atoms with van der Waals surface area (Å²) in [6, 6.07) is 20.7. The molecule has 0 saturated carbocycles. The van der Waals surface area contributed by atoms with Gasteiger partial charge in [-0.15, -0.1) is 0 Å². The minimum atomic E-state index is -0.764. The van der Waals surface area contributed by atoms with E-state index in [2.05, 4.69) is 10.5 Å². The SMILES string of the molecule is CCOc1cc(/C=N/NC(=O)c2ccc(OCc3ccccc3)c(OC)c2)cc(I)c1Oc1ccc([N+](=O)[O-])cc1[N+](=O)[O-]. The van der Waals surface area contributed by atoms with Crippen molar-refractivity contribution in [3.05, 3.63) is 119 Å². The van der Waals surface area contributed by atoms with Gasteiger partial charge in [0.15, 0.2) is 23.0 Å². The lowest BCUT2D eigenvalue weighted by Gasteiger charge is -2.14. The molecule has 0 unspecified atom stereocenters. The number of nitrogens with one attached hydrogen (secondary N) is 1. The van der Waals surface area contributed by atoms with Crippen molar-refractivity contribution in [2.45, 2.75) is 13.5 Å². The zero-order chi connectivity index (χ0) is 31.6. The third-order valence-electron chi connectivity index (χ3n) is 5.94. The highest BCUT2D eigenvalue weighted by Crippen LogP contribution is 2.41. The van der Waals surface area contributed by atoms with Gasteiger partial charge in [-0.25, -0.2) is 5.43 Å². The number of amides is 1. The Morgan fingerprint density at radius 2 is 1.66 bits per heavy atom. The van der Waals surface area contributed by atoms with Gasteiger partial charge in [0, 0.05) is 11.6 Å². The van der Waals surface area contributed by atoms with E-state index in [1.165, 1.54) is 13.3 Å². The van der Waals surface area contributed by atoms with E-state index in [1.54, 1.807) is 37.3 Å². The van der Waals surface area contributed by atoms with Gasteiger partial charge in [-0.1, -0.05) is 30.3 Å². The lowest BCUT2D eigenvalue weighted by atomic mass is 10.2. The number of hydrazone groups is 1. The molecule has 14 heteroatoms. The fraction of sp³-hybridized carbons (Fsp3) is 0.133. The fourth-order valence-electron chi connectivity index (χ4n) is 3.88. The molecule has 4 rings (SSSR count). The Balaban J connectivity index is 1.48. The van der Waals surface area contributed by atoms with Crippen LogP contribution < -0.4 is 24.4 Å². The van der Waals surface area contributed by atoms with Crippen LogP contribution in [0.3, 0.4) is 0 Å². The second kappa shape index (κ2) is 14.8. The fourth-order valence-corrected chi connectivity index (χ4v) is 4.61. The Morgan fingerprint density at radius 3 is 2.34 bits per heavy atom. The summed E-state index contributed by atoms with van der Waals surface area (Å²) < 4.78 is 23.3.